The van der Waals surface area contributed by atoms with E-state index in [0.717, 1.165) is 81.9 Å². The summed E-state index contributed by atoms with van der Waals surface area (Å²) in [4.78, 5) is 23.8. The highest BCUT2D eigenvalue weighted by Gasteiger charge is 2.43. The monoisotopic (exact) mass is 1440 g/mol. The highest BCUT2D eigenvalue weighted by molar-refractivity contribution is 5.40. The van der Waals surface area contributed by atoms with Gasteiger partial charge in [0.2, 0.25) is 0 Å². The van der Waals surface area contributed by atoms with Crippen LogP contribution in [-0.2, 0) is 9.47 Å². The summed E-state index contributed by atoms with van der Waals surface area (Å²) in [6.07, 6.45) is 14.9. The van der Waals surface area contributed by atoms with Gasteiger partial charge in [-0.2, -0.15) is 13.2 Å². The van der Waals surface area contributed by atoms with E-state index in [2.05, 4.69) is 216 Å². The number of anilines is 1. The molecule has 2 aromatic rings. The molecule has 0 saturated carbocycles. The summed E-state index contributed by atoms with van der Waals surface area (Å²) in [6.45, 7) is 74.0. The number of para-hydroxylation sites is 1. The summed E-state index contributed by atoms with van der Waals surface area (Å²) < 4.78 is 67.2. The SMILES string of the molecule is CC(C)(C)N1CCC(C(F)(F)F)CC1.CC(C)(C)N1CCC(F)CC1.CC(C)(C)N1CCC(Oc2ccccc2)CC1.CC(C)CC1CCN(C(C)(C)C)CC1.CC(C)OC1CCN(C(C)(C)C)CC1.CCOC1CCN(C(C)(C)C)CC1.CN(C)c1cc(C2CCN(C(C)(C)C)CC2)ccn1. The van der Waals surface area contributed by atoms with Crippen LogP contribution >= 0.6 is 0 Å². The first-order valence-corrected chi connectivity index (χ1v) is 40.5. The molecule has 1 aromatic heterocycles. The van der Waals surface area contributed by atoms with Crippen LogP contribution in [0.5, 0.6) is 5.75 Å². The first-order chi connectivity index (χ1) is 47.0. The van der Waals surface area contributed by atoms with Crippen molar-refractivity contribution in [2.24, 2.45) is 17.8 Å². The Kier molecular flexibility index (Phi) is 39.4. The summed E-state index contributed by atoms with van der Waals surface area (Å²) in [7, 11) is 4.10. The zero-order valence-corrected chi connectivity index (χ0v) is 71.3. The van der Waals surface area contributed by atoms with E-state index in [-0.39, 0.29) is 29.5 Å². The van der Waals surface area contributed by atoms with Crippen LogP contribution in [-0.4, -0.2) is 227 Å². The molecule has 0 unspecified atom stereocenters. The van der Waals surface area contributed by atoms with E-state index in [4.69, 9.17) is 14.2 Å². The largest absolute Gasteiger partial charge is 0.490 e. The van der Waals surface area contributed by atoms with Crippen LogP contribution in [0.15, 0.2) is 48.7 Å². The molecule has 0 amide bonds. The maximum Gasteiger partial charge on any atom is 0.391 e. The summed E-state index contributed by atoms with van der Waals surface area (Å²) >= 11 is 0. The number of benzene rings is 1. The minimum atomic E-state index is -4.00. The predicted molar refractivity (Wildman–Crippen MR) is 429 cm³/mol. The zero-order chi connectivity index (χ0) is 77.2. The second kappa shape index (κ2) is 42.9. The van der Waals surface area contributed by atoms with Gasteiger partial charge >= 0.3 is 6.18 Å². The Hall–Kier alpha value is -2.67. The Morgan fingerprint density at radius 1 is 0.441 bits per heavy atom. The Bertz CT molecular complexity index is 2410. The second-order valence-electron chi connectivity index (χ2n) is 38.5. The summed E-state index contributed by atoms with van der Waals surface area (Å²) in [5.41, 5.74) is 3.29. The number of hydrogen-bond acceptors (Lipinski definition) is 12. The molecule has 0 N–H and O–H groups in total. The lowest BCUT2D eigenvalue weighted by Gasteiger charge is -2.41. The number of ether oxygens (including phenoxy) is 3. The third-order valence-electron chi connectivity index (χ3n) is 21.9. The number of pyridine rings is 1. The van der Waals surface area contributed by atoms with Gasteiger partial charge in [-0.3, -0.25) is 34.3 Å². The Balaban J connectivity index is 0.000000311. The minimum absolute atomic E-state index is 0.00340. The maximum atomic E-state index is 12.7. The number of nitrogens with zero attached hydrogens (tertiary/aromatic N) is 9. The fraction of sp³-hybridized carbons (Fsp3) is 0.872. The van der Waals surface area contributed by atoms with Crippen molar-refractivity contribution in [1.82, 2.24) is 39.3 Å². The Morgan fingerprint density at radius 2 is 0.775 bits per heavy atom. The highest BCUT2D eigenvalue weighted by atomic mass is 19.4. The number of hydrogen-bond donors (Lipinski definition) is 0. The number of piperidine rings is 7. The van der Waals surface area contributed by atoms with Gasteiger partial charge < -0.3 is 19.1 Å². The molecule has 596 valence electrons. The van der Waals surface area contributed by atoms with Crippen LogP contribution in [0.3, 0.4) is 0 Å². The van der Waals surface area contributed by atoms with Crippen LogP contribution in [0.2, 0.25) is 0 Å². The van der Waals surface area contributed by atoms with Crippen LogP contribution in [0.4, 0.5) is 23.4 Å². The minimum Gasteiger partial charge on any atom is -0.490 e. The molecule has 0 atom stereocenters. The van der Waals surface area contributed by atoms with Gasteiger partial charge in [-0.1, -0.05) is 32.0 Å². The Labute approximate surface area is 626 Å². The van der Waals surface area contributed by atoms with E-state index >= 15 is 0 Å². The number of likely N-dealkylation sites (tertiary alicyclic amines) is 7. The lowest BCUT2D eigenvalue weighted by molar-refractivity contribution is -0.187. The summed E-state index contributed by atoms with van der Waals surface area (Å²) in [5.74, 6) is 3.55. The lowest BCUT2D eigenvalue weighted by Crippen LogP contribution is -2.48. The van der Waals surface area contributed by atoms with Crippen molar-refractivity contribution in [1.29, 1.82) is 0 Å². The molecule has 0 aliphatic carbocycles. The molecular formula is C86H161F4N9O3. The fourth-order valence-corrected chi connectivity index (χ4v) is 15.0. The van der Waals surface area contributed by atoms with E-state index in [1.165, 1.54) is 116 Å². The average molecular weight is 1450 g/mol. The number of alkyl halides is 4. The molecule has 7 aliphatic rings. The van der Waals surface area contributed by atoms with Crippen molar-refractivity contribution in [3.8, 4) is 5.75 Å². The van der Waals surface area contributed by atoms with Crippen molar-refractivity contribution < 1.29 is 31.8 Å². The third kappa shape index (κ3) is 37.0. The van der Waals surface area contributed by atoms with Crippen molar-refractivity contribution in [2.45, 2.75) is 358 Å². The quantitative estimate of drug-likeness (QED) is 0.213. The topological polar surface area (TPSA) is 66.5 Å². The highest BCUT2D eigenvalue weighted by Crippen LogP contribution is 2.37. The van der Waals surface area contributed by atoms with Gasteiger partial charge in [-0.05, 0) is 349 Å². The molecule has 7 saturated heterocycles. The van der Waals surface area contributed by atoms with E-state index in [1.54, 1.807) is 0 Å². The third-order valence-corrected chi connectivity index (χ3v) is 21.9. The fourth-order valence-electron chi connectivity index (χ4n) is 15.0. The van der Waals surface area contributed by atoms with Crippen LogP contribution < -0.4 is 9.64 Å². The molecule has 9 rings (SSSR count). The van der Waals surface area contributed by atoms with Crippen molar-refractivity contribution in [2.75, 3.05) is 117 Å². The van der Waals surface area contributed by atoms with Gasteiger partial charge in [0, 0.05) is 118 Å². The molecule has 7 fully saturated rings. The van der Waals surface area contributed by atoms with Crippen molar-refractivity contribution in [3.63, 3.8) is 0 Å². The normalized spacial score (nSPS) is 21.2. The zero-order valence-electron chi connectivity index (χ0n) is 71.3. The number of rotatable bonds is 10. The number of halogens is 4. The first-order valence-electron chi connectivity index (χ1n) is 40.5. The van der Waals surface area contributed by atoms with Gasteiger partial charge in [0.1, 0.15) is 23.8 Å². The summed E-state index contributed by atoms with van der Waals surface area (Å²) in [5, 5.41) is 0. The van der Waals surface area contributed by atoms with Crippen LogP contribution in [0, 0.1) is 17.8 Å². The van der Waals surface area contributed by atoms with Crippen molar-refractivity contribution >= 4 is 5.82 Å². The molecule has 1 aromatic carbocycles. The number of aromatic nitrogens is 1. The Morgan fingerprint density at radius 3 is 1.11 bits per heavy atom. The molecule has 8 heterocycles. The molecule has 12 nitrogen and oxygen atoms in total. The molecule has 0 spiro atoms. The van der Waals surface area contributed by atoms with Gasteiger partial charge in [-0.25, -0.2) is 9.37 Å². The predicted octanol–water partition coefficient (Wildman–Crippen LogP) is 20.2. The van der Waals surface area contributed by atoms with Gasteiger partial charge in [-0.15, -0.1) is 0 Å². The second-order valence-corrected chi connectivity index (χ2v) is 38.5. The van der Waals surface area contributed by atoms with Crippen molar-refractivity contribution in [3.05, 3.63) is 54.2 Å². The van der Waals surface area contributed by atoms with Crippen LogP contribution in [0.25, 0.3) is 0 Å². The van der Waals surface area contributed by atoms with E-state index in [9.17, 15) is 17.6 Å². The molecule has 102 heavy (non-hydrogen) atoms. The molecule has 7 aliphatic heterocycles. The maximum absolute atomic E-state index is 12.7. The smallest absolute Gasteiger partial charge is 0.391 e. The van der Waals surface area contributed by atoms with Gasteiger partial charge in [0.25, 0.3) is 0 Å². The van der Waals surface area contributed by atoms with E-state index in [1.807, 2.05) is 71.4 Å². The summed E-state index contributed by atoms with van der Waals surface area (Å²) in [6, 6.07) is 14.6. The van der Waals surface area contributed by atoms with E-state index < -0.39 is 18.3 Å². The average Bonchev–Trinajstić information content (AvgIpc) is 0.852. The molecule has 0 radical (unpaired) electrons. The first kappa shape index (κ1) is 93.5. The molecular weight excluding hydrogens is 1280 g/mol. The lowest BCUT2D eigenvalue weighted by atomic mass is 9.87. The van der Waals surface area contributed by atoms with Gasteiger partial charge in [0.05, 0.1) is 24.2 Å². The molecule has 0 bridgehead atoms. The standard InChI is InChI=1S/C16H27N3.C15H23NO.C13H27N.C12H25NO.C11H23NO.C10H18F3N.C9H18FN/c1-16(2,3)19-10-7-13(8-11-19)14-6-9-17-15(12-14)18(4)5;1-15(2,3)16-11-9-14(10-12-16)17-13-7-5-4-6-8-13;1-11(2)10-12-6-8-14(9-7-12)13(3,4)5;1-10(2)14-11-6-8-13(9-7-11)12(3,4)5;1-5-13-10-6-8-12(9-7-10)11(2,3)4;1-9(2,3)14-6-4-8(5-7-14)10(11,12)13;1-9(2,3)11-6-4-8(10)5-7-11/h6,9,12-13H,7-8,10-11H2,1-5H3;4-8,14H,9-12H2,1-3H3;11-12H,6-10H2,1-5H3;10-11H,6-9H2,1-5H3;10H,5-9H2,1-4H3;8H,4-7H2,1-3H3;8H,4-7H2,1-3H3. The van der Waals surface area contributed by atoms with Gasteiger partial charge in [0.15, 0.2) is 0 Å². The van der Waals surface area contributed by atoms with Crippen LogP contribution in [0.1, 0.15) is 288 Å². The van der Waals surface area contributed by atoms with E-state index in [0.29, 0.717) is 65.6 Å². The molecule has 16 heteroatoms.